The summed E-state index contributed by atoms with van der Waals surface area (Å²) in [7, 11) is 0. The van der Waals surface area contributed by atoms with Crippen LogP contribution in [0.1, 0.15) is 42.9 Å². The van der Waals surface area contributed by atoms with Gasteiger partial charge in [0.05, 0.1) is 5.52 Å². The van der Waals surface area contributed by atoms with Crippen molar-refractivity contribution in [3.63, 3.8) is 0 Å². The van der Waals surface area contributed by atoms with Crippen LogP contribution in [0.5, 0.6) is 0 Å². The van der Waals surface area contributed by atoms with Gasteiger partial charge in [-0.15, -0.1) is 0 Å². The van der Waals surface area contributed by atoms with E-state index in [0.29, 0.717) is 12.5 Å². The zero-order valence-corrected chi connectivity index (χ0v) is 9.37. The summed E-state index contributed by atoms with van der Waals surface area (Å²) in [6, 6.07) is 6.30. The Bertz CT molecular complexity index is 495. The molecule has 1 aliphatic carbocycles. The maximum atomic E-state index is 5.72. The van der Waals surface area contributed by atoms with E-state index in [0.717, 1.165) is 11.1 Å². The van der Waals surface area contributed by atoms with Crippen molar-refractivity contribution in [2.24, 2.45) is 5.73 Å². The molecule has 3 heteroatoms. The molecule has 1 aromatic carbocycles. The standard InChI is InChI=1S/C13H17N3/c14-8-10-6-3-7-11-12(15-16-13(10)11)9-4-1-2-5-9/h3,6-7,9H,1-2,4-5,8,14H2,(H,15,16). The molecule has 0 amide bonds. The highest BCUT2D eigenvalue weighted by molar-refractivity contribution is 5.84. The van der Waals surface area contributed by atoms with E-state index in [9.17, 15) is 0 Å². The first-order valence-corrected chi connectivity index (χ1v) is 6.06. The number of fused-ring (bicyclic) bond motifs is 1. The summed E-state index contributed by atoms with van der Waals surface area (Å²) < 4.78 is 0. The summed E-state index contributed by atoms with van der Waals surface area (Å²) >= 11 is 0. The van der Waals surface area contributed by atoms with Crippen molar-refractivity contribution in [3.05, 3.63) is 29.5 Å². The Morgan fingerprint density at radius 2 is 2.12 bits per heavy atom. The van der Waals surface area contributed by atoms with Crippen molar-refractivity contribution in [2.45, 2.75) is 38.1 Å². The number of nitrogens with one attached hydrogen (secondary N) is 1. The number of nitrogens with zero attached hydrogens (tertiary/aromatic N) is 1. The van der Waals surface area contributed by atoms with Gasteiger partial charge in [0.15, 0.2) is 0 Å². The molecule has 2 aromatic rings. The van der Waals surface area contributed by atoms with Gasteiger partial charge >= 0.3 is 0 Å². The van der Waals surface area contributed by atoms with Crippen LogP contribution >= 0.6 is 0 Å². The van der Waals surface area contributed by atoms with Gasteiger partial charge in [-0.1, -0.05) is 31.0 Å². The highest BCUT2D eigenvalue weighted by Gasteiger charge is 2.21. The number of nitrogens with two attached hydrogens (primary N) is 1. The minimum atomic E-state index is 0.562. The van der Waals surface area contributed by atoms with Crippen LogP contribution in [0.15, 0.2) is 18.2 Å². The molecule has 1 aliphatic rings. The monoisotopic (exact) mass is 215 g/mol. The van der Waals surface area contributed by atoms with Gasteiger partial charge in [0.2, 0.25) is 0 Å². The molecule has 1 heterocycles. The predicted octanol–water partition coefficient (Wildman–Crippen LogP) is 2.68. The Kier molecular flexibility index (Phi) is 2.40. The molecule has 84 valence electrons. The zero-order chi connectivity index (χ0) is 11.0. The van der Waals surface area contributed by atoms with Gasteiger partial charge < -0.3 is 5.73 Å². The van der Waals surface area contributed by atoms with Crippen LogP contribution in [-0.4, -0.2) is 10.2 Å². The molecule has 0 spiro atoms. The number of hydrogen-bond acceptors (Lipinski definition) is 2. The normalized spacial score (nSPS) is 17.3. The highest BCUT2D eigenvalue weighted by atomic mass is 15.1. The topological polar surface area (TPSA) is 54.7 Å². The second kappa shape index (κ2) is 3.91. The second-order valence-electron chi connectivity index (χ2n) is 4.64. The molecular weight excluding hydrogens is 198 g/mol. The highest BCUT2D eigenvalue weighted by Crippen LogP contribution is 2.36. The molecule has 0 atom stereocenters. The van der Waals surface area contributed by atoms with Gasteiger partial charge in [-0.3, -0.25) is 5.10 Å². The average Bonchev–Trinajstić information content (AvgIpc) is 2.96. The number of aromatic nitrogens is 2. The predicted molar refractivity (Wildman–Crippen MR) is 65.2 cm³/mol. The lowest BCUT2D eigenvalue weighted by Gasteiger charge is -2.06. The third-order valence-electron chi connectivity index (χ3n) is 3.68. The van der Waals surface area contributed by atoms with Crippen molar-refractivity contribution in [2.75, 3.05) is 0 Å². The van der Waals surface area contributed by atoms with Crippen LogP contribution in [0.25, 0.3) is 10.9 Å². The van der Waals surface area contributed by atoms with Crippen LogP contribution in [0.2, 0.25) is 0 Å². The van der Waals surface area contributed by atoms with Crippen molar-refractivity contribution in [1.29, 1.82) is 0 Å². The first-order chi connectivity index (χ1) is 7.90. The van der Waals surface area contributed by atoms with E-state index in [4.69, 9.17) is 5.73 Å². The molecule has 3 rings (SSSR count). The molecule has 1 aromatic heterocycles. The molecule has 1 saturated carbocycles. The molecule has 3 nitrogen and oxygen atoms in total. The fourth-order valence-corrected chi connectivity index (χ4v) is 2.81. The van der Waals surface area contributed by atoms with E-state index in [-0.39, 0.29) is 0 Å². The Morgan fingerprint density at radius 1 is 1.31 bits per heavy atom. The van der Waals surface area contributed by atoms with E-state index < -0.39 is 0 Å². The molecule has 0 radical (unpaired) electrons. The molecule has 0 bridgehead atoms. The third kappa shape index (κ3) is 1.43. The largest absolute Gasteiger partial charge is 0.326 e. The average molecular weight is 215 g/mol. The molecule has 0 saturated heterocycles. The van der Waals surface area contributed by atoms with Gasteiger partial charge in [-0.25, -0.2) is 0 Å². The van der Waals surface area contributed by atoms with Crippen LogP contribution in [0, 0.1) is 0 Å². The quantitative estimate of drug-likeness (QED) is 0.809. The summed E-state index contributed by atoms with van der Waals surface area (Å²) in [5.74, 6) is 0.679. The van der Waals surface area contributed by atoms with Gasteiger partial charge in [-0.2, -0.15) is 5.10 Å². The fourth-order valence-electron chi connectivity index (χ4n) is 2.81. The van der Waals surface area contributed by atoms with Crippen molar-refractivity contribution in [1.82, 2.24) is 10.2 Å². The van der Waals surface area contributed by atoms with E-state index in [2.05, 4.69) is 28.4 Å². The summed E-state index contributed by atoms with van der Waals surface area (Å²) in [5, 5.41) is 8.93. The van der Waals surface area contributed by atoms with Gasteiger partial charge in [0.1, 0.15) is 0 Å². The van der Waals surface area contributed by atoms with E-state index in [1.807, 2.05) is 0 Å². The number of aromatic amines is 1. The number of benzene rings is 1. The third-order valence-corrected chi connectivity index (χ3v) is 3.68. The Labute approximate surface area is 95.0 Å². The summed E-state index contributed by atoms with van der Waals surface area (Å²) in [5.41, 5.74) is 9.25. The molecule has 0 aliphatic heterocycles. The SMILES string of the molecule is NCc1cccc2c(C3CCCC3)[nH]nc12. The lowest BCUT2D eigenvalue weighted by atomic mass is 9.99. The summed E-state index contributed by atoms with van der Waals surface area (Å²) in [4.78, 5) is 0. The van der Waals surface area contributed by atoms with Crippen molar-refractivity contribution < 1.29 is 0 Å². The minimum Gasteiger partial charge on any atom is -0.326 e. The lowest BCUT2D eigenvalue weighted by Crippen LogP contribution is -1.97. The van der Waals surface area contributed by atoms with Crippen LogP contribution in [0.4, 0.5) is 0 Å². The molecule has 0 unspecified atom stereocenters. The molecule has 3 N–H and O–H groups in total. The van der Waals surface area contributed by atoms with Gasteiger partial charge in [0.25, 0.3) is 0 Å². The second-order valence-corrected chi connectivity index (χ2v) is 4.64. The lowest BCUT2D eigenvalue weighted by molar-refractivity contribution is 0.698. The van der Waals surface area contributed by atoms with Gasteiger partial charge in [-0.05, 0) is 18.4 Å². The number of H-pyrrole nitrogens is 1. The van der Waals surface area contributed by atoms with Crippen LogP contribution < -0.4 is 5.73 Å². The Hall–Kier alpha value is -1.35. The number of rotatable bonds is 2. The van der Waals surface area contributed by atoms with E-state index >= 15 is 0 Å². The molecule has 1 fully saturated rings. The zero-order valence-electron chi connectivity index (χ0n) is 9.37. The van der Waals surface area contributed by atoms with E-state index in [1.54, 1.807) is 0 Å². The molecular formula is C13H17N3. The van der Waals surface area contributed by atoms with Crippen LogP contribution in [-0.2, 0) is 6.54 Å². The maximum Gasteiger partial charge on any atom is 0.0968 e. The summed E-state index contributed by atoms with van der Waals surface area (Å²) in [6.45, 7) is 0.562. The van der Waals surface area contributed by atoms with E-state index in [1.165, 1.54) is 36.8 Å². The smallest absolute Gasteiger partial charge is 0.0968 e. The van der Waals surface area contributed by atoms with Crippen molar-refractivity contribution in [3.8, 4) is 0 Å². The van der Waals surface area contributed by atoms with Crippen molar-refractivity contribution >= 4 is 10.9 Å². The first-order valence-electron chi connectivity index (χ1n) is 6.06. The first kappa shape index (κ1) is 9.85. The Balaban J connectivity index is 2.12. The number of para-hydroxylation sites is 1. The van der Waals surface area contributed by atoms with Gasteiger partial charge in [0, 0.05) is 23.5 Å². The minimum absolute atomic E-state index is 0.562. The number of hydrogen-bond donors (Lipinski definition) is 2. The molecule has 16 heavy (non-hydrogen) atoms. The maximum absolute atomic E-state index is 5.72. The summed E-state index contributed by atoms with van der Waals surface area (Å²) in [6.07, 6.45) is 5.29. The fraction of sp³-hybridized carbons (Fsp3) is 0.462. The van der Waals surface area contributed by atoms with Crippen LogP contribution in [0.3, 0.4) is 0 Å². The Morgan fingerprint density at radius 3 is 2.88 bits per heavy atom.